The van der Waals surface area contributed by atoms with E-state index in [-0.39, 0.29) is 31.1 Å². The van der Waals surface area contributed by atoms with Gasteiger partial charge in [0.1, 0.15) is 13.2 Å². The lowest BCUT2D eigenvalue weighted by molar-refractivity contribution is -0.167. The van der Waals surface area contributed by atoms with Crippen LogP contribution in [0.25, 0.3) is 0 Å². The first-order valence-corrected chi connectivity index (χ1v) is 23.8. The normalized spacial score (nSPS) is 12.5. The molecule has 0 aromatic carbocycles. The Hall–Kier alpha value is -2.89. The van der Waals surface area contributed by atoms with Crippen LogP contribution in [0.15, 0.2) is 60.8 Å². The molecule has 0 aliphatic heterocycles. The molecule has 0 radical (unpaired) electrons. The number of unbranched alkanes of at least 4 members (excludes halogenated alkanes) is 21. The van der Waals surface area contributed by atoms with Gasteiger partial charge >= 0.3 is 17.9 Å². The fourth-order valence-corrected chi connectivity index (χ4v) is 6.33. The summed E-state index contributed by atoms with van der Waals surface area (Å²) in [5, 5.41) is 0. The minimum absolute atomic E-state index is 0.0871. The van der Waals surface area contributed by atoms with Gasteiger partial charge in [-0.05, 0) is 96.3 Å². The molecule has 57 heavy (non-hydrogen) atoms. The van der Waals surface area contributed by atoms with Crippen molar-refractivity contribution in [2.24, 2.45) is 0 Å². The maximum absolute atomic E-state index is 12.7. The first-order chi connectivity index (χ1) is 28.0. The van der Waals surface area contributed by atoms with Gasteiger partial charge in [-0.3, -0.25) is 14.4 Å². The van der Waals surface area contributed by atoms with E-state index in [1.54, 1.807) is 0 Å². The Morgan fingerprint density at radius 3 is 1.07 bits per heavy atom. The standard InChI is InChI=1S/C51H88O6/c1-4-7-10-13-16-19-22-23-24-25-26-27-28-29-30-33-35-38-41-44-50(53)56-47-48(57-51(54)45-42-39-36-32-21-18-15-12-9-6-3)46-55-49(52)43-40-37-34-31-20-17-14-11-8-5-2/h11-12,14-16,19,23-24,26-27,48H,4-10,13,17-18,20-22,25,28-47H2,1-3H3/b14-11-,15-12-,19-16-,24-23-,27-26-. The quantitative estimate of drug-likeness (QED) is 0.0265. The minimum Gasteiger partial charge on any atom is -0.462 e. The predicted octanol–water partition coefficient (Wildman–Crippen LogP) is 15.3. The van der Waals surface area contributed by atoms with Gasteiger partial charge in [-0.2, -0.15) is 0 Å². The zero-order chi connectivity index (χ0) is 41.5. The third-order valence-electron chi connectivity index (χ3n) is 9.93. The summed E-state index contributed by atoms with van der Waals surface area (Å²) in [4.78, 5) is 37.7. The molecule has 6 nitrogen and oxygen atoms in total. The molecule has 0 saturated carbocycles. The van der Waals surface area contributed by atoms with Crippen molar-refractivity contribution < 1.29 is 28.6 Å². The number of esters is 3. The number of hydrogen-bond donors (Lipinski definition) is 0. The summed E-state index contributed by atoms with van der Waals surface area (Å²) in [6, 6.07) is 0. The maximum atomic E-state index is 12.7. The van der Waals surface area contributed by atoms with Crippen LogP contribution in [0, 0.1) is 0 Å². The fraction of sp³-hybridized carbons (Fsp3) is 0.745. The Bertz CT molecular complexity index is 1050. The molecule has 0 spiro atoms. The van der Waals surface area contributed by atoms with Gasteiger partial charge in [-0.1, -0.05) is 171 Å². The maximum Gasteiger partial charge on any atom is 0.306 e. The highest BCUT2D eigenvalue weighted by molar-refractivity contribution is 5.71. The van der Waals surface area contributed by atoms with Crippen LogP contribution in [0.2, 0.25) is 0 Å². The lowest BCUT2D eigenvalue weighted by Gasteiger charge is -2.18. The molecule has 0 heterocycles. The number of carbonyl (C=O) groups is 3. The van der Waals surface area contributed by atoms with Gasteiger partial charge < -0.3 is 14.2 Å². The number of hydrogen-bond acceptors (Lipinski definition) is 6. The Morgan fingerprint density at radius 1 is 0.351 bits per heavy atom. The second kappa shape index (κ2) is 45.8. The van der Waals surface area contributed by atoms with E-state index >= 15 is 0 Å². The van der Waals surface area contributed by atoms with Crippen molar-refractivity contribution in [3.8, 4) is 0 Å². The number of rotatable bonds is 42. The van der Waals surface area contributed by atoms with Crippen molar-refractivity contribution in [1.82, 2.24) is 0 Å². The van der Waals surface area contributed by atoms with Gasteiger partial charge in [0.2, 0.25) is 0 Å². The molecule has 6 heteroatoms. The summed E-state index contributed by atoms with van der Waals surface area (Å²) in [5.74, 6) is -0.924. The van der Waals surface area contributed by atoms with E-state index in [0.29, 0.717) is 19.3 Å². The van der Waals surface area contributed by atoms with Crippen molar-refractivity contribution in [3.63, 3.8) is 0 Å². The van der Waals surface area contributed by atoms with E-state index in [9.17, 15) is 14.4 Å². The zero-order valence-corrected chi connectivity index (χ0v) is 37.3. The van der Waals surface area contributed by atoms with E-state index < -0.39 is 6.10 Å². The van der Waals surface area contributed by atoms with Gasteiger partial charge in [0.25, 0.3) is 0 Å². The van der Waals surface area contributed by atoms with Crippen LogP contribution >= 0.6 is 0 Å². The van der Waals surface area contributed by atoms with Gasteiger partial charge in [-0.15, -0.1) is 0 Å². The molecule has 0 fully saturated rings. The molecule has 328 valence electrons. The lowest BCUT2D eigenvalue weighted by Crippen LogP contribution is -2.30. The second-order valence-corrected chi connectivity index (χ2v) is 15.7. The van der Waals surface area contributed by atoms with Crippen molar-refractivity contribution >= 4 is 17.9 Å². The van der Waals surface area contributed by atoms with Crippen molar-refractivity contribution in [1.29, 1.82) is 0 Å². The average molecular weight is 797 g/mol. The van der Waals surface area contributed by atoms with Crippen LogP contribution in [0.5, 0.6) is 0 Å². The van der Waals surface area contributed by atoms with Crippen molar-refractivity contribution in [2.45, 2.75) is 232 Å². The molecule has 0 saturated heterocycles. The fourth-order valence-electron chi connectivity index (χ4n) is 6.33. The SMILES string of the molecule is CCC/C=C\CCCCCCCC(=O)OCC(COC(=O)CCCCCCCC/C=C\C/C=C\C/C=C\CCCCC)OC(=O)CCCCCCC/C=C\CCC. The first-order valence-electron chi connectivity index (χ1n) is 23.8. The van der Waals surface area contributed by atoms with Crippen LogP contribution in [0.1, 0.15) is 226 Å². The number of carbonyl (C=O) groups excluding carboxylic acids is 3. The number of allylic oxidation sites excluding steroid dienone is 10. The highest BCUT2D eigenvalue weighted by Crippen LogP contribution is 2.13. The third-order valence-corrected chi connectivity index (χ3v) is 9.93. The summed E-state index contributed by atoms with van der Waals surface area (Å²) < 4.78 is 16.7. The monoisotopic (exact) mass is 797 g/mol. The predicted molar refractivity (Wildman–Crippen MR) is 242 cm³/mol. The van der Waals surface area contributed by atoms with Crippen LogP contribution < -0.4 is 0 Å². The van der Waals surface area contributed by atoms with Gasteiger partial charge in [0.05, 0.1) is 0 Å². The van der Waals surface area contributed by atoms with Crippen LogP contribution in [0.4, 0.5) is 0 Å². The van der Waals surface area contributed by atoms with Crippen molar-refractivity contribution in [3.05, 3.63) is 60.8 Å². The Kier molecular flexibility index (Phi) is 43.5. The molecule has 1 unspecified atom stereocenters. The molecule has 0 aliphatic carbocycles. The smallest absolute Gasteiger partial charge is 0.306 e. The Morgan fingerprint density at radius 2 is 0.667 bits per heavy atom. The Labute approximate surface area is 351 Å². The summed E-state index contributed by atoms with van der Waals surface area (Å²) in [5.41, 5.74) is 0. The lowest BCUT2D eigenvalue weighted by atomic mass is 10.1. The van der Waals surface area contributed by atoms with Crippen molar-refractivity contribution in [2.75, 3.05) is 13.2 Å². The molecule has 0 aromatic heterocycles. The van der Waals surface area contributed by atoms with Crippen LogP contribution in [0.3, 0.4) is 0 Å². The minimum atomic E-state index is -0.784. The van der Waals surface area contributed by atoms with Gasteiger partial charge in [0.15, 0.2) is 6.10 Å². The summed E-state index contributed by atoms with van der Waals surface area (Å²) in [6.45, 7) is 6.45. The molecular formula is C51H88O6. The topological polar surface area (TPSA) is 78.9 Å². The molecule has 0 rings (SSSR count). The molecule has 0 bridgehead atoms. The van der Waals surface area contributed by atoms with E-state index in [2.05, 4.69) is 81.5 Å². The molecular weight excluding hydrogens is 709 g/mol. The van der Waals surface area contributed by atoms with E-state index in [1.807, 2.05) is 0 Å². The summed E-state index contributed by atoms with van der Waals surface area (Å²) >= 11 is 0. The van der Waals surface area contributed by atoms with Gasteiger partial charge in [-0.25, -0.2) is 0 Å². The average Bonchev–Trinajstić information content (AvgIpc) is 3.21. The van der Waals surface area contributed by atoms with E-state index in [1.165, 1.54) is 77.0 Å². The molecule has 0 N–H and O–H groups in total. The van der Waals surface area contributed by atoms with Crippen LogP contribution in [-0.2, 0) is 28.6 Å². The Balaban J connectivity index is 4.33. The summed E-state index contributed by atoms with van der Waals surface area (Å²) in [6.07, 6.45) is 54.9. The highest BCUT2D eigenvalue weighted by Gasteiger charge is 2.19. The summed E-state index contributed by atoms with van der Waals surface area (Å²) in [7, 11) is 0. The largest absolute Gasteiger partial charge is 0.462 e. The van der Waals surface area contributed by atoms with E-state index in [4.69, 9.17) is 14.2 Å². The second-order valence-electron chi connectivity index (χ2n) is 15.7. The molecule has 0 aromatic rings. The molecule has 1 atom stereocenters. The van der Waals surface area contributed by atoms with Crippen LogP contribution in [-0.4, -0.2) is 37.2 Å². The molecule has 0 aliphatic rings. The zero-order valence-electron chi connectivity index (χ0n) is 37.3. The first kappa shape index (κ1) is 54.1. The number of ether oxygens (including phenoxy) is 3. The van der Waals surface area contributed by atoms with Gasteiger partial charge in [0, 0.05) is 19.3 Å². The highest BCUT2D eigenvalue weighted by atomic mass is 16.6. The van der Waals surface area contributed by atoms with E-state index in [0.717, 1.165) is 109 Å². The molecule has 0 amide bonds. The third kappa shape index (κ3) is 44.1.